The van der Waals surface area contributed by atoms with Gasteiger partial charge in [0.1, 0.15) is 17.2 Å². The molecule has 6 rings (SSSR count). The summed E-state index contributed by atoms with van der Waals surface area (Å²) in [4.78, 5) is 44.9. The molecule has 0 saturated carbocycles. The predicted molar refractivity (Wildman–Crippen MR) is 137 cm³/mol. The van der Waals surface area contributed by atoms with Gasteiger partial charge in [-0.25, -0.2) is 0 Å². The number of fused-ring (bicyclic) bond motifs is 5. The fourth-order valence-electron chi connectivity index (χ4n) is 6.17. The summed E-state index contributed by atoms with van der Waals surface area (Å²) in [5.41, 5.74) is 0.357. The standard InChI is InChI=1S/C29H24BrNO4/c1-28(2,3)27(34)24-23(21-9-6-14-35-21)29(25(32)18-7-4-5-8-19(18)26(29)33)22-13-10-16-15-17(30)11-12-20(16)31(22)24/h4-15,22-24H,1-3H3/t22-,23-,24+/m1/s1. The number of carbonyl (C=O) groups is 3. The van der Waals surface area contributed by atoms with E-state index < -0.39 is 28.8 Å². The first-order valence-electron chi connectivity index (χ1n) is 11.7. The molecular formula is C29H24BrNO4. The van der Waals surface area contributed by atoms with Gasteiger partial charge in [-0.2, -0.15) is 0 Å². The fourth-order valence-corrected chi connectivity index (χ4v) is 6.55. The summed E-state index contributed by atoms with van der Waals surface area (Å²) in [6.45, 7) is 5.64. The molecule has 3 aliphatic rings. The molecule has 3 heterocycles. The van der Waals surface area contributed by atoms with Crippen LogP contribution >= 0.6 is 15.9 Å². The Morgan fingerprint density at radius 3 is 2.29 bits per heavy atom. The van der Waals surface area contributed by atoms with Gasteiger partial charge in [0.05, 0.1) is 18.2 Å². The lowest BCUT2D eigenvalue weighted by Gasteiger charge is -2.38. The molecule has 6 heteroatoms. The fraction of sp³-hybridized carbons (Fsp3) is 0.276. The zero-order chi connectivity index (χ0) is 24.7. The highest BCUT2D eigenvalue weighted by atomic mass is 79.9. The van der Waals surface area contributed by atoms with Crippen LogP contribution in [-0.4, -0.2) is 29.4 Å². The average Bonchev–Trinajstić information content (AvgIpc) is 3.51. The summed E-state index contributed by atoms with van der Waals surface area (Å²) in [5, 5.41) is 0. The SMILES string of the molecule is CC(C)(C)C(=O)[C@@H]1[C@@H](c2ccco2)C2(C(=O)c3ccccc3C2=O)[C@H]2C=Cc3cc(Br)ccc3N12. The number of hydrogen-bond donors (Lipinski definition) is 0. The molecule has 1 aliphatic carbocycles. The molecular weight excluding hydrogens is 506 g/mol. The number of hydrogen-bond acceptors (Lipinski definition) is 5. The maximum absolute atomic E-state index is 14.3. The summed E-state index contributed by atoms with van der Waals surface area (Å²) in [5.74, 6) is -0.834. The predicted octanol–water partition coefficient (Wildman–Crippen LogP) is 6.09. The van der Waals surface area contributed by atoms with E-state index in [2.05, 4.69) is 15.9 Å². The van der Waals surface area contributed by atoms with Gasteiger partial charge >= 0.3 is 0 Å². The van der Waals surface area contributed by atoms with E-state index in [1.165, 1.54) is 6.26 Å². The van der Waals surface area contributed by atoms with Crippen LogP contribution in [0.1, 0.15) is 58.7 Å². The largest absolute Gasteiger partial charge is 0.469 e. The third-order valence-corrected chi connectivity index (χ3v) is 8.12. The highest BCUT2D eigenvalue weighted by molar-refractivity contribution is 9.10. The minimum Gasteiger partial charge on any atom is -0.469 e. The van der Waals surface area contributed by atoms with Crippen molar-refractivity contribution in [2.75, 3.05) is 4.90 Å². The van der Waals surface area contributed by atoms with E-state index in [1.807, 2.05) is 56.0 Å². The van der Waals surface area contributed by atoms with Crippen LogP contribution in [0.3, 0.4) is 0 Å². The van der Waals surface area contributed by atoms with Crippen LogP contribution in [0.2, 0.25) is 0 Å². The highest BCUT2D eigenvalue weighted by Gasteiger charge is 2.72. The minimum absolute atomic E-state index is 0.0403. The molecule has 0 amide bonds. The molecule has 0 radical (unpaired) electrons. The van der Waals surface area contributed by atoms with E-state index in [0.29, 0.717) is 16.9 Å². The van der Waals surface area contributed by atoms with E-state index in [4.69, 9.17) is 4.42 Å². The van der Waals surface area contributed by atoms with Crippen molar-refractivity contribution in [2.45, 2.75) is 38.8 Å². The van der Waals surface area contributed by atoms with Gasteiger partial charge in [-0.05, 0) is 35.9 Å². The Labute approximate surface area is 211 Å². The molecule has 0 unspecified atom stereocenters. The Hall–Kier alpha value is -3.25. The Kier molecular flexibility index (Phi) is 4.68. The van der Waals surface area contributed by atoms with Crippen molar-refractivity contribution in [3.05, 3.63) is 93.9 Å². The molecule has 2 aliphatic heterocycles. The van der Waals surface area contributed by atoms with Crippen molar-refractivity contribution in [1.82, 2.24) is 0 Å². The number of anilines is 1. The van der Waals surface area contributed by atoms with Crippen molar-refractivity contribution in [2.24, 2.45) is 10.8 Å². The lowest BCUT2D eigenvalue weighted by Crippen LogP contribution is -2.49. The Balaban J connectivity index is 1.69. The first kappa shape index (κ1) is 22.2. The molecule has 3 atom stereocenters. The van der Waals surface area contributed by atoms with Gasteiger partial charge in [-0.15, -0.1) is 0 Å². The first-order valence-corrected chi connectivity index (χ1v) is 12.5. The van der Waals surface area contributed by atoms with Crippen molar-refractivity contribution in [1.29, 1.82) is 0 Å². The Morgan fingerprint density at radius 2 is 1.69 bits per heavy atom. The smallest absolute Gasteiger partial charge is 0.180 e. The number of rotatable bonds is 2. The molecule has 1 saturated heterocycles. The third kappa shape index (κ3) is 2.83. The van der Waals surface area contributed by atoms with Gasteiger partial charge in [0.15, 0.2) is 17.3 Å². The average molecular weight is 530 g/mol. The second kappa shape index (κ2) is 7.37. The quantitative estimate of drug-likeness (QED) is 0.375. The topological polar surface area (TPSA) is 67.6 Å². The van der Waals surface area contributed by atoms with Crippen molar-refractivity contribution < 1.29 is 18.8 Å². The number of benzene rings is 2. The van der Waals surface area contributed by atoms with Gasteiger partial charge in [-0.1, -0.05) is 73.1 Å². The number of ketones is 3. The van der Waals surface area contributed by atoms with Gasteiger partial charge < -0.3 is 9.32 Å². The van der Waals surface area contributed by atoms with E-state index in [0.717, 1.165) is 15.7 Å². The van der Waals surface area contributed by atoms with Crippen molar-refractivity contribution >= 4 is 45.0 Å². The molecule has 1 spiro atoms. The van der Waals surface area contributed by atoms with E-state index in [-0.39, 0.29) is 17.3 Å². The monoisotopic (exact) mass is 529 g/mol. The molecule has 0 N–H and O–H groups in total. The van der Waals surface area contributed by atoms with Crippen LogP contribution in [0.4, 0.5) is 5.69 Å². The van der Waals surface area contributed by atoms with Crippen LogP contribution in [0.5, 0.6) is 0 Å². The lowest BCUT2D eigenvalue weighted by molar-refractivity contribution is -0.128. The Bertz CT molecular complexity index is 1390. The van der Waals surface area contributed by atoms with E-state index in [1.54, 1.807) is 36.4 Å². The van der Waals surface area contributed by atoms with Crippen LogP contribution in [0, 0.1) is 10.8 Å². The molecule has 1 aromatic heterocycles. The number of halogens is 1. The third-order valence-electron chi connectivity index (χ3n) is 7.62. The zero-order valence-electron chi connectivity index (χ0n) is 19.6. The highest BCUT2D eigenvalue weighted by Crippen LogP contribution is 2.61. The van der Waals surface area contributed by atoms with E-state index in [9.17, 15) is 14.4 Å². The Morgan fingerprint density at radius 1 is 1.00 bits per heavy atom. The molecule has 1 fully saturated rings. The zero-order valence-corrected chi connectivity index (χ0v) is 21.2. The second-order valence-corrected chi connectivity index (χ2v) is 11.5. The summed E-state index contributed by atoms with van der Waals surface area (Å²) in [6, 6.07) is 15.0. The van der Waals surface area contributed by atoms with Crippen molar-refractivity contribution in [3.63, 3.8) is 0 Å². The van der Waals surface area contributed by atoms with E-state index >= 15 is 0 Å². The van der Waals surface area contributed by atoms with Crippen LogP contribution in [0.25, 0.3) is 6.08 Å². The van der Waals surface area contributed by atoms with Gasteiger partial charge in [0, 0.05) is 26.7 Å². The van der Waals surface area contributed by atoms with Gasteiger partial charge in [0.25, 0.3) is 0 Å². The maximum atomic E-state index is 14.3. The lowest BCUT2D eigenvalue weighted by atomic mass is 9.65. The minimum atomic E-state index is -1.51. The molecule has 2 aromatic carbocycles. The number of furan rings is 1. The normalized spacial score (nSPS) is 24.0. The number of carbonyl (C=O) groups excluding carboxylic acids is 3. The van der Waals surface area contributed by atoms with Crippen molar-refractivity contribution in [3.8, 4) is 0 Å². The van der Waals surface area contributed by atoms with Crippen LogP contribution < -0.4 is 4.90 Å². The summed E-state index contributed by atoms with van der Waals surface area (Å²) < 4.78 is 6.80. The summed E-state index contributed by atoms with van der Waals surface area (Å²) >= 11 is 3.54. The first-order chi connectivity index (χ1) is 16.7. The molecule has 5 nitrogen and oxygen atoms in total. The van der Waals surface area contributed by atoms with Crippen LogP contribution in [0.15, 0.2) is 75.8 Å². The number of nitrogens with zero attached hydrogens (tertiary/aromatic N) is 1. The summed E-state index contributed by atoms with van der Waals surface area (Å²) in [7, 11) is 0. The van der Waals surface area contributed by atoms with Crippen LogP contribution in [-0.2, 0) is 4.79 Å². The number of Topliss-reactive ketones (excluding diaryl/α,β-unsaturated/α-hetero) is 3. The van der Waals surface area contributed by atoms with Gasteiger partial charge in [-0.3, -0.25) is 14.4 Å². The van der Waals surface area contributed by atoms with Gasteiger partial charge in [0.2, 0.25) is 0 Å². The molecule has 35 heavy (non-hydrogen) atoms. The maximum Gasteiger partial charge on any atom is 0.180 e. The second-order valence-electron chi connectivity index (χ2n) is 10.5. The molecule has 176 valence electrons. The summed E-state index contributed by atoms with van der Waals surface area (Å²) in [6.07, 6.45) is 5.41. The molecule has 3 aromatic rings. The molecule has 0 bridgehead atoms.